The molecule has 0 saturated carbocycles. The minimum atomic E-state index is -4.49. The van der Waals surface area contributed by atoms with Crippen molar-refractivity contribution in [2.75, 3.05) is 14.1 Å². The number of likely N-dealkylation sites (N-methyl/N-ethyl adjacent to an activating group) is 1. The first kappa shape index (κ1) is 20.3. The molecule has 9 heteroatoms. The highest BCUT2D eigenvalue weighted by Gasteiger charge is 2.60. The van der Waals surface area contributed by atoms with Crippen LogP contribution in [-0.4, -0.2) is 43.7 Å². The van der Waals surface area contributed by atoms with Gasteiger partial charge in [0.2, 0.25) is 15.9 Å². The molecule has 0 aromatic heterocycles. The Labute approximate surface area is 161 Å². The summed E-state index contributed by atoms with van der Waals surface area (Å²) < 4.78 is 65.5. The molecule has 1 heterocycles. The second kappa shape index (κ2) is 6.89. The van der Waals surface area contributed by atoms with Crippen molar-refractivity contribution in [1.29, 1.82) is 0 Å². The average Bonchev–Trinajstić information content (AvgIpc) is 3.37. The molecule has 150 valence electrons. The van der Waals surface area contributed by atoms with Gasteiger partial charge in [0.25, 0.3) is 0 Å². The summed E-state index contributed by atoms with van der Waals surface area (Å²) >= 11 is 0. The first-order chi connectivity index (χ1) is 12.9. The molecule has 1 saturated heterocycles. The van der Waals surface area contributed by atoms with Gasteiger partial charge in [-0.1, -0.05) is 29.8 Å². The molecule has 0 aliphatic carbocycles. The predicted molar refractivity (Wildman–Crippen MR) is 96.9 cm³/mol. The standard InChI is InChI=1S/C19H19F3N2O3S/c1-12-4-10-15(11-5-12)28(26,27)24-16(17(24)18(25)23(2)3)13-6-8-14(9-7-13)19(20,21)22/h4-11,16-17H,1-3H3/t16-,17-,24?/m0/s1. The Kier molecular flexibility index (Phi) is 5.01. The molecule has 1 aliphatic rings. The number of halogens is 3. The lowest BCUT2D eigenvalue weighted by Crippen LogP contribution is -2.30. The lowest BCUT2D eigenvalue weighted by molar-refractivity contribution is -0.137. The number of alkyl halides is 3. The van der Waals surface area contributed by atoms with Gasteiger partial charge in [0, 0.05) is 14.1 Å². The SMILES string of the molecule is Cc1ccc(S(=O)(=O)N2[C@H](C(=O)N(C)C)[C@@H]2c2ccc(C(F)(F)F)cc2)cc1. The van der Waals surface area contributed by atoms with Crippen molar-refractivity contribution in [2.45, 2.75) is 30.1 Å². The van der Waals surface area contributed by atoms with E-state index in [1.807, 2.05) is 6.92 Å². The molecule has 0 radical (unpaired) electrons. The van der Waals surface area contributed by atoms with Crippen molar-refractivity contribution in [2.24, 2.45) is 0 Å². The predicted octanol–water partition coefficient (Wildman–Crippen LogP) is 3.22. The third-order valence-corrected chi connectivity index (χ3v) is 6.50. The topological polar surface area (TPSA) is 57.5 Å². The Morgan fingerprint density at radius 1 is 1.00 bits per heavy atom. The fourth-order valence-corrected chi connectivity index (χ4v) is 4.76. The Morgan fingerprint density at radius 3 is 2.00 bits per heavy atom. The second-order valence-electron chi connectivity index (χ2n) is 6.89. The number of hydrogen-bond donors (Lipinski definition) is 0. The van der Waals surface area contributed by atoms with Crippen molar-refractivity contribution >= 4 is 15.9 Å². The average molecular weight is 412 g/mol. The highest BCUT2D eigenvalue weighted by atomic mass is 32.2. The highest BCUT2D eigenvalue weighted by Crippen LogP contribution is 2.48. The molecule has 2 aromatic carbocycles. The molecule has 5 nitrogen and oxygen atoms in total. The minimum Gasteiger partial charge on any atom is -0.347 e. The van der Waals surface area contributed by atoms with E-state index in [1.54, 1.807) is 12.1 Å². The quantitative estimate of drug-likeness (QED) is 0.725. The number of carbonyl (C=O) groups is 1. The fraction of sp³-hybridized carbons (Fsp3) is 0.316. The molecule has 3 rings (SSSR count). The normalized spacial score (nSPS) is 22.0. The van der Waals surface area contributed by atoms with E-state index in [9.17, 15) is 26.4 Å². The van der Waals surface area contributed by atoms with Gasteiger partial charge in [-0.3, -0.25) is 4.79 Å². The summed E-state index contributed by atoms with van der Waals surface area (Å²) in [7, 11) is -0.980. The molecule has 0 spiro atoms. The van der Waals surface area contributed by atoms with Crippen LogP contribution in [-0.2, 0) is 21.0 Å². The van der Waals surface area contributed by atoms with Crippen LogP contribution in [0.3, 0.4) is 0 Å². The van der Waals surface area contributed by atoms with Gasteiger partial charge in [0.1, 0.15) is 6.04 Å². The van der Waals surface area contributed by atoms with Crippen LogP contribution >= 0.6 is 0 Å². The van der Waals surface area contributed by atoms with Gasteiger partial charge in [-0.15, -0.1) is 0 Å². The van der Waals surface area contributed by atoms with E-state index in [4.69, 9.17) is 0 Å². The molecule has 2 aromatic rings. The Hall–Kier alpha value is -2.39. The van der Waals surface area contributed by atoms with Crippen molar-refractivity contribution in [3.05, 3.63) is 65.2 Å². The maximum atomic E-state index is 13.0. The number of nitrogens with zero attached hydrogens (tertiary/aromatic N) is 2. The first-order valence-corrected chi connectivity index (χ1v) is 9.87. The van der Waals surface area contributed by atoms with Crippen LogP contribution in [0.2, 0.25) is 0 Å². The van der Waals surface area contributed by atoms with Crippen molar-refractivity contribution in [3.63, 3.8) is 0 Å². The zero-order valence-electron chi connectivity index (χ0n) is 15.4. The number of amides is 1. The molecule has 1 amide bonds. The number of aryl methyl sites for hydroxylation is 1. The van der Waals surface area contributed by atoms with E-state index in [2.05, 4.69) is 0 Å². The Balaban J connectivity index is 1.99. The smallest absolute Gasteiger partial charge is 0.347 e. The summed E-state index contributed by atoms with van der Waals surface area (Å²) in [4.78, 5) is 13.8. The number of rotatable bonds is 4. The van der Waals surface area contributed by atoms with Crippen molar-refractivity contribution < 1.29 is 26.4 Å². The summed E-state index contributed by atoms with van der Waals surface area (Å²) in [5.74, 6) is -0.430. The number of benzene rings is 2. The van der Waals surface area contributed by atoms with Crippen LogP contribution in [0, 0.1) is 6.92 Å². The molecule has 0 bridgehead atoms. The fourth-order valence-electron chi connectivity index (χ4n) is 3.05. The lowest BCUT2D eigenvalue weighted by Gasteiger charge is -2.10. The third kappa shape index (κ3) is 3.64. The maximum Gasteiger partial charge on any atom is 0.416 e. The Bertz CT molecular complexity index is 985. The summed E-state index contributed by atoms with van der Waals surface area (Å²) in [6.07, 6.45) is -4.49. The van der Waals surface area contributed by atoms with E-state index >= 15 is 0 Å². The van der Waals surface area contributed by atoms with Crippen LogP contribution in [0.4, 0.5) is 13.2 Å². The lowest BCUT2D eigenvalue weighted by atomic mass is 10.1. The van der Waals surface area contributed by atoms with E-state index in [1.165, 1.54) is 43.3 Å². The summed E-state index contributed by atoms with van der Waals surface area (Å²) in [6, 6.07) is 8.57. The van der Waals surface area contributed by atoms with Crippen LogP contribution in [0.15, 0.2) is 53.4 Å². The second-order valence-corrected chi connectivity index (χ2v) is 8.73. The van der Waals surface area contributed by atoms with E-state index in [0.717, 1.165) is 22.0 Å². The Morgan fingerprint density at radius 2 is 1.54 bits per heavy atom. The van der Waals surface area contributed by atoms with Gasteiger partial charge in [-0.25, -0.2) is 8.42 Å². The van der Waals surface area contributed by atoms with E-state index < -0.39 is 39.8 Å². The van der Waals surface area contributed by atoms with Crippen LogP contribution in [0.25, 0.3) is 0 Å². The zero-order chi connectivity index (χ0) is 20.9. The summed E-state index contributed by atoms with van der Waals surface area (Å²) in [6.45, 7) is 1.82. The van der Waals surface area contributed by atoms with Crippen LogP contribution < -0.4 is 0 Å². The van der Waals surface area contributed by atoms with Gasteiger partial charge in [0.05, 0.1) is 16.5 Å². The molecule has 1 unspecified atom stereocenters. The molecular formula is C19H19F3N2O3S. The number of hydrogen-bond acceptors (Lipinski definition) is 3. The van der Waals surface area contributed by atoms with Gasteiger partial charge in [-0.2, -0.15) is 17.5 Å². The van der Waals surface area contributed by atoms with E-state index in [0.29, 0.717) is 5.56 Å². The largest absolute Gasteiger partial charge is 0.416 e. The van der Waals surface area contributed by atoms with E-state index in [-0.39, 0.29) is 4.90 Å². The summed E-state index contributed by atoms with van der Waals surface area (Å²) in [5.41, 5.74) is 0.383. The highest BCUT2D eigenvalue weighted by molar-refractivity contribution is 7.89. The molecule has 0 N–H and O–H groups in total. The minimum absolute atomic E-state index is 0.0315. The number of carbonyl (C=O) groups excluding carboxylic acids is 1. The molecule has 3 atom stereocenters. The van der Waals surface area contributed by atoms with Crippen LogP contribution in [0.5, 0.6) is 0 Å². The maximum absolute atomic E-state index is 13.0. The van der Waals surface area contributed by atoms with Gasteiger partial charge < -0.3 is 4.90 Å². The zero-order valence-corrected chi connectivity index (χ0v) is 16.3. The monoisotopic (exact) mass is 412 g/mol. The first-order valence-electron chi connectivity index (χ1n) is 8.43. The van der Waals surface area contributed by atoms with Gasteiger partial charge in [0.15, 0.2) is 0 Å². The summed E-state index contributed by atoms with van der Waals surface area (Å²) in [5, 5.41) is 0. The van der Waals surface area contributed by atoms with Crippen molar-refractivity contribution in [1.82, 2.24) is 9.21 Å². The molecular weight excluding hydrogens is 393 g/mol. The van der Waals surface area contributed by atoms with Crippen LogP contribution in [0.1, 0.15) is 22.7 Å². The van der Waals surface area contributed by atoms with Gasteiger partial charge >= 0.3 is 6.18 Å². The molecule has 28 heavy (non-hydrogen) atoms. The molecule has 1 aliphatic heterocycles. The molecule has 1 fully saturated rings. The van der Waals surface area contributed by atoms with Crippen molar-refractivity contribution in [3.8, 4) is 0 Å². The third-order valence-electron chi connectivity index (χ3n) is 4.63. The number of sulfonamides is 1. The van der Waals surface area contributed by atoms with Gasteiger partial charge in [-0.05, 0) is 36.8 Å².